The largest absolute Gasteiger partial charge is 0.397 e. The van der Waals surface area contributed by atoms with Crippen LogP contribution in [0.5, 0.6) is 0 Å². The molecule has 0 saturated heterocycles. The number of hydrogen-bond donors (Lipinski definition) is 1. The van der Waals surface area contributed by atoms with Crippen molar-refractivity contribution in [2.75, 3.05) is 17.2 Å². The molecule has 3 rings (SSSR count). The van der Waals surface area contributed by atoms with Crippen LogP contribution in [-0.2, 0) is 13.0 Å². The molecule has 4 nitrogen and oxygen atoms in total. The summed E-state index contributed by atoms with van der Waals surface area (Å²) in [5.41, 5.74) is 9.41. The maximum Gasteiger partial charge on any atom is 0.274 e. The Morgan fingerprint density at radius 2 is 2.15 bits per heavy atom. The molecule has 104 valence electrons. The van der Waals surface area contributed by atoms with Gasteiger partial charge in [-0.05, 0) is 37.5 Å². The third-order valence-electron chi connectivity index (χ3n) is 3.83. The van der Waals surface area contributed by atoms with E-state index in [4.69, 9.17) is 5.73 Å². The van der Waals surface area contributed by atoms with Crippen LogP contribution in [0.2, 0.25) is 0 Å². The highest BCUT2D eigenvalue weighted by Crippen LogP contribution is 2.28. The van der Waals surface area contributed by atoms with Gasteiger partial charge in [-0.25, -0.2) is 0 Å². The van der Waals surface area contributed by atoms with Gasteiger partial charge < -0.3 is 15.2 Å². The zero-order valence-electron chi connectivity index (χ0n) is 11.7. The number of rotatable bonds is 2. The summed E-state index contributed by atoms with van der Waals surface area (Å²) in [7, 11) is 0. The third-order valence-corrected chi connectivity index (χ3v) is 3.83. The molecule has 4 heteroatoms. The van der Waals surface area contributed by atoms with Crippen molar-refractivity contribution in [3.05, 3.63) is 47.8 Å². The zero-order valence-corrected chi connectivity index (χ0v) is 11.7. The molecular weight excluding hydrogens is 250 g/mol. The van der Waals surface area contributed by atoms with Crippen LogP contribution in [0, 0.1) is 0 Å². The molecule has 1 aliphatic heterocycles. The number of fused-ring (bicyclic) bond motifs is 1. The van der Waals surface area contributed by atoms with Crippen LogP contribution in [0.1, 0.15) is 29.4 Å². The van der Waals surface area contributed by atoms with Crippen LogP contribution in [0.25, 0.3) is 0 Å². The smallest absolute Gasteiger partial charge is 0.274 e. The van der Waals surface area contributed by atoms with E-state index >= 15 is 0 Å². The number of amides is 1. The lowest BCUT2D eigenvalue weighted by Gasteiger charge is -2.29. The monoisotopic (exact) mass is 269 g/mol. The molecule has 1 aromatic carbocycles. The number of para-hydroxylation sites is 1. The second kappa shape index (κ2) is 5.04. The van der Waals surface area contributed by atoms with Gasteiger partial charge >= 0.3 is 0 Å². The first-order valence-corrected chi connectivity index (χ1v) is 7.06. The molecular formula is C16H19N3O. The lowest BCUT2D eigenvalue weighted by Crippen LogP contribution is -2.36. The summed E-state index contributed by atoms with van der Waals surface area (Å²) in [4.78, 5) is 14.7. The Labute approximate surface area is 118 Å². The normalized spacial score (nSPS) is 14.2. The second-order valence-corrected chi connectivity index (χ2v) is 5.13. The van der Waals surface area contributed by atoms with Gasteiger partial charge in [-0.2, -0.15) is 0 Å². The Morgan fingerprint density at radius 3 is 2.95 bits per heavy atom. The minimum absolute atomic E-state index is 0.0377. The molecule has 1 amide bonds. The van der Waals surface area contributed by atoms with Crippen molar-refractivity contribution in [2.45, 2.75) is 26.3 Å². The molecule has 1 aliphatic rings. The summed E-state index contributed by atoms with van der Waals surface area (Å²) in [6.07, 6.45) is 3.87. The molecule has 0 fully saturated rings. The van der Waals surface area contributed by atoms with Crippen molar-refractivity contribution >= 4 is 17.3 Å². The van der Waals surface area contributed by atoms with Gasteiger partial charge in [-0.1, -0.05) is 18.2 Å². The van der Waals surface area contributed by atoms with Crippen molar-refractivity contribution in [2.24, 2.45) is 0 Å². The van der Waals surface area contributed by atoms with E-state index in [-0.39, 0.29) is 5.91 Å². The lowest BCUT2D eigenvalue weighted by molar-refractivity contribution is 0.0976. The summed E-state index contributed by atoms with van der Waals surface area (Å²) in [5.74, 6) is 0.0377. The molecule has 0 spiro atoms. The van der Waals surface area contributed by atoms with Crippen molar-refractivity contribution < 1.29 is 4.79 Å². The van der Waals surface area contributed by atoms with Gasteiger partial charge in [-0.15, -0.1) is 0 Å². The Kier molecular flexibility index (Phi) is 3.22. The van der Waals surface area contributed by atoms with Gasteiger partial charge in [0.1, 0.15) is 5.69 Å². The highest BCUT2D eigenvalue weighted by molar-refractivity contribution is 6.06. The van der Waals surface area contributed by atoms with Crippen LogP contribution < -0.4 is 10.6 Å². The fourth-order valence-corrected chi connectivity index (χ4v) is 2.86. The zero-order chi connectivity index (χ0) is 14.1. The first-order valence-electron chi connectivity index (χ1n) is 7.06. The van der Waals surface area contributed by atoms with E-state index in [9.17, 15) is 4.79 Å². The number of anilines is 2. The van der Waals surface area contributed by atoms with Gasteiger partial charge in [0.05, 0.1) is 5.69 Å². The number of nitrogens with zero attached hydrogens (tertiary/aromatic N) is 2. The van der Waals surface area contributed by atoms with Gasteiger partial charge in [-0.3, -0.25) is 4.79 Å². The fraction of sp³-hybridized carbons (Fsp3) is 0.312. The summed E-state index contributed by atoms with van der Waals surface area (Å²) in [6.45, 7) is 3.53. The van der Waals surface area contributed by atoms with Gasteiger partial charge in [0.15, 0.2) is 0 Å². The van der Waals surface area contributed by atoms with Gasteiger partial charge in [0.2, 0.25) is 0 Å². The fourth-order valence-electron chi connectivity index (χ4n) is 2.86. The molecule has 2 N–H and O–H groups in total. The molecule has 0 aliphatic carbocycles. The van der Waals surface area contributed by atoms with Crippen LogP contribution in [-0.4, -0.2) is 17.0 Å². The molecule has 0 radical (unpaired) electrons. The molecule has 0 atom stereocenters. The van der Waals surface area contributed by atoms with E-state index < -0.39 is 0 Å². The highest BCUT2D eigenvalue weighted by atomic mass is 16.2. The number of aromatic nitrogens is 1. The Hall–Kier alpha value is -2.23. The number of hydrogen-bond acceptors (Lipinski definition) is 2. The maximum atomic E-state index is 12.8. The number of benzene rings is 1. The van der Waals surface area contributed by atoms with E-state index in [1.165, 1.54) is 5.56 Å². The quantitative estimate of drug-likeness (QED) is 0.911. The van der Waals surface area contributed by atoms with E-state index in [1.54, 1.807) is 6.07 Å². The predicted molar refractivity (Wildman–Crippen MR) is 81.0 cm³/mol. The second-order valence-electron chi connectivity index (χ2n) is 5.13. The number of nitrogen functional groups attached to an aromatic ring is 1. The number of carbonyl (C=O) groups is 1. The molecule has 0 saturated carbocycles. The maximum absolute atomic E-state index is 12.8. The van der Waals surface area contributed by atoms with Crippen LogP contribution in [0.4, 0.5) is 11.4 Å². The van der Waals surface area contributed by atoms with Gasteiger partial charge in [0.25, 0.3) is 5.91 Å². The van der Waals surface area contributed by atoms with Crippen molar-refractivity contribution in [1.29, 1.82) is 0 Å². The van der Waals surface area contributed by atoms with E-state index in [0.717, 1.165) is 31.6 Å². The first kappa shape index (κ1) is 12.8. The Morgan fingerprint density at radius 1 is 1.35 bits per heavy atom. The van der Waals surface area contributed by atoms with Crippen LogP contribution >= 0.6 is 0 Å². The predicted octanol–water partition coefficient (Wildman–Crippen LogP) is 2.68. The molecule has 0 bridgehead atoms. The Bertz CT molecular complexity index is 645. The number of aryl methyl sites for hydroxylation is 2. The third kappa shape index (κ3) is 2.07. The van der Waals surface area contributed by atoms with Crippen LogP contribution in [0.15, 0.2) is 36.5 Å². The molecule has 20 heavy (non-hydrogen) atoms. The highest BCUT2D eigenvalue weighted by Gasteiger charge is 2.25. The average molecular weight is 269 g/mol. The minimum Gasteiger partial charge on any atom is -0.397 e. The number of carbonyl (C=O) groups excluding carboxylic acids is 1. The summed E-state index contributed by atoms with van der Waals surface area (Å²) < 4.78 is 1.91. The minimum atomic E-state index is 0.0377. The SMILES string of the molecule is CCn1cc(N)cc1C(=O)N1CCCc2ccccc21. The lowest BCUT2D eigenvalue weighted by atomic mass is 10.0. The molecule has 0 unspecified atom stereocenters. The van der Waals surface area contributed by atoms with Crippen molar-refractivity contribution in [1.82, 2.24) is 4.57 Å². The average Bonchev–Trinajstić information content (AvgIpc) is 2.87. The number of nitrogens with two attached hydrogens (primary N) is 1. The van der Waals surface area contributed by atoms with E-state index in [2.05, 4.69) is 6.07 Å². The van der Waals surface area contributed by atoms with Crippen molar-refractivity contribution in [3.8, 4) is 0 Å². The Balaban J connectivity index is 1.99. The standard InChI is InChI=1S/C16H19N3O/c1-2-18-11-13(17)10-15(18)16(20)19-9-5-7-12-6-3-4-8-14(12)19/h3-4,6,8,10-11H,2,5,7,9,17H2,1H3. The van der Waals surface area contributed by atoms with Gasteiger partial charge in [0, 0.05) is 25.0 Å². The van der Waals surface area contributed by atoms with E-state index in [0.29, 0.717) is 11.4 Å². The molecule has 2 heterocycles. The first-order chi connectivity index (χ1) is 9.70. The van der Waals surface area contributed by atoms with E-state index in [1.807, 2.05) is 40.8 Å². The topological polar surface area (TPSA) is 51.3 Å². The molecule has 1 aromatic heterocycles. The summed E-state index contributed by atoms with van der Waals surface area (Å²) in [6, 6.07) is 9.90. The van der Waals surface area contributed by atoms with Crippen molar-refractivity contribution in [3.63, 3.8) is 0 Å². The molecule has 2 aromatic rings. The summed E-state index contributed by atoms with van der Waals surface area (Å²) >= 11 is 0. The van der Waals surface area contributed by atoms with Crippen LogP contribution in [0.3, 0.4) is 0 Å². The summed E-state index contributed by atoms with van der Waals surface area (Å²) in [5, 5.41) is 0.